The minimum atomic E-state index is -0.817. The molecule has 7 heteroatoms. The average molecular weight is 368 g/mol. The first-order valence-electron chi connectivity index (χ1n) is 7.02. The molecule has 1 atom stereocenters. The molecule has 2 rings (SSSR count). The van der Waals surface area contributed by atoms with Crippen LogP contribution in [0.5, 0.6) is 5.75 Å². The number of methoxy groups -OCH3 is 1. The van der Waals surface area contributed by atoms with Gasteiger partial charge in [0.2, 0.25) is 0 Å². The molecule has 1 amide bonds. The normalized spacial score (nSPS) is 11.5. The van der Waals surface area contributed by atoms with Gasteiger partial charge in [-0.2, -0.15) is 0 Å². The van der Waals surface area contributed by atoms with E-state index in [1.54, 1.807) is 31.2 Å². The zero-order chi connectivity index (χ0) is 17.7. The van der Waals surface area contributed by atoms with Crippen LogP contribution in [0.2, 0.25) is 10.0 Å². The Kier molecular flexibility index (Phi) is 6.06. The van der Waals surface area contributed by atoms with Crippen LogP contribution in [-0.2, 0) is 9.53 Å². The zero-order valence-electron chi connectivity index (χ0n) is 13.0. The average Bonchev–Trinajstić information content (AvgIpc) is 2.58. The molecule has 0 aliphatic carbocycles. The van der Waals surface area contributed by atoms with Gasteiger partial charge in [-0.05, 0) is 37.3 Å². The summed E-state index contributed by atoms with van der Waals surface area (Å²) in [6.07, 6.45) is -0.817. The molecule has 0 fully saturated rings. The maximum absolute atomic E-state index is 12.3. The molecular weight excluding hydrogens is 353 g/mol. The van der Waals surface area contributed by atoms with Crippen LogP contribution in [0.1, 0.15) is 17.3 Å². The highest BCUT2D eigenvalue weighted by atomic mass is 35.5. The number of esters is 1. The molecule has 2 aromatic rings. The minimum absolute atomic E-state index is 0.275. The number of carbonyl (C=O) groups is 2. The van der Waals surface area contributed by atoms with E-state index in [-0.39, 0.29) is 5.56 Å². The summed E-state index contributed by atoms with van der Waals surface area (Å²) in [6.45, 7) is 1.58. The second-order valence-corrected chi connectivity index (χ2v) is 5.68. The number of rotatable bonds is 5. The Labute approximate surface area is 149 Å². The Morgan fingerprint density at radius 1 is 1.08 bits per heavy atom. The molecule has 1 N–H and O–H groups in total. The van der Waals surface area contributed by atoms with Crippen LogP contribution in [0.4, 0.5) is 5.69 Å². The fraction of sp³-hybridized carbons (Fsp3) is 0.176. The van der Waals surface area contributed by atoms with Gasteiger partial charge < -0.3 is 14.8 Å². The standard InChI is InChI=1S/C17H15Cl2NO4/c1-10(24-15-6-4-3-5-13(15)19)16(21)20-14-9-11(17(22)23-2)7-8-12(14)18/h3-10H,1-2H3,(H,20,21)/t10-/m1/s1. The third-order valence-corrected chi connectivity index (χ3v) is 3.80. The Morgan fingerprint density at radius 3 is 2.46 bits per heavy atom. The van der Waals surface area contributed by atoms with E-state index < -0.39 is 18.0 Å². The van der Waals surface area contributed by atoms with E-state index in [0.717, 1.165) is 0 Å². The van der Waals surface area contributed by atoms with Crippen LogP contribution >= 0.6 is 23.2 Å². The number of para-hydroxylation sites is 1. The maximum atomic E-state index is 12.3. The van der Waals surface area contributed by atoms with Crippen LogP contribution in [0.3, 0.4) is 0 Å². The summed E-state index contributed by atoms with van der Waals surface area (Å²) in [5.41, 5.74) is 0.566. The molecular formula is C17H15Cl2NO4. The van der Waals surface area contributed by atoms with Crippen LogP contribution in [0.15, 0.2) is 42.5 Å². The number of hydrogen-bond acceptors (Lipinski definition) is 4. The molecule has 0 aliphatic heterocycles. The number of hydrogen-bond donors (Lipinski definition) is 1. The fourth-order valence-corrected chi connectivity index (χ4v) is 2.23. The van der Waals surface area contributed by atoms with Crippen molar-refractivity contribution in [3.05, 3.63) is 58.1 Å². The molecule has 0 saturated carbocycles. The molecule has 0 aliphatic rings. The van der Waals surface area contributed by atoms with Crippen molar-refractivity contribution in [1.82, 2.24) is 0 Å². The summed E-state index contributed by atoms with van der Waals surface area (Å²) >= 11 is 12.1. The van der Waals surface area contributed by atoms with Gasteiger partial charge in [-0.25, -0.2) is 4.79 Å². The SMILES string of the molecule is COC(=O)c1ccc(Cl)c(NC(=O)[C@@H](C)Oc2ccccc2Cl)c1. The van der Waals surface area contributed by atoms with Gasteiger partial charge in [0.15, 0.2) is 6.10 Å². The van der Waals surface area contributed by atoms with E-state index >= 15 is 0 Å². The van der Waals surface area contributed by atoms with Gasteiger partial charge >= 0.3 is 5.97 Å². The number of amides is 1. The molecule has 0 aromatic heterocycles. The Morgan fingerprint density at radius 2 is 1.79 bits per heavy atom. The summed E-state index contributed by atoms with van der Waals surface area (Å²) < 4.78 is 10.2. The summed E-state index contributed by atoms with van der Waals surface area (Å²) in [4.78, 5) is 23.8. The molecule has 0 heterocycles. The lowest BCUT2D eigenvalue weighted by Crippen LogP contribution is -2.30. The number of benzene rings is 2. The third-order valence-electron chi connectivity index (χ3n) is 3.15. The molecule has 0 spiro atoms. The topological polar surface area (TPSA) is 64.6 Å². The molecule has 0 radical (unpaired) electrons. The first-order valence-corrected chi connectivity index (χ1v) is 7.78. The number of anilines is 1. The Bertz CT molecular complexity index is 764. The highest BCUT2D eigenvalue weighted by Crippen LogP contribution is 2.26. The summed E-state index contributed by atoms with van der Waals surface area (Å²) in [6, 6.07) is 11.3. The maximum Gasteiger partial charge on any atom is 0.337 e. The van der Waals surface area contributed by atoms with Crippen molar-refractivity contribution < 1.29 is 19.1 Å². The second kappa shape index (κ2) is 8.04. The van der Waals surface area contributed by atoms with E-state index in [9.17, 15) is 9.59 Å². The van der Waals surface area contributed by atoms with Crippen molar-refractivity contribution in [1.29, 1.82) is 0 Å². The quantitative estimate of drug-likeness (QED) is 0.804. The second-order valence-electron chi connectivity index (χ2n) is 4.87. The van der Waals surface area contributed by atoms with Crippen molar-refractivity contribution in [2.45, 2.75) is 13.0 Å². The molecule has 5 nitrogen and oxygen atoms in total. The summed E-state index contributed by atoms with van der Waals surface area (Å²) in [7, 11) is 1.27. The van der Waals surface area contributed by atoms with Crippen molar-refractivity contribution >= 4 is 40.8 Å². The van der Waals surface area contributed by atoms with Gasteiger partial charge in [0, 0.05) is 0 Å². The molecule has 2 aromatic carbocycles. The fourth-order valence-electron chi connectivity index (χ4n) is 1.88. The third kappa shape index (κ3) is 4.40. The highest BCUT2D eigenvalue weighted by Gasteiger charge is 2.18. The minimum Gasteiger partial charge on any atom is -0.479 e. The molecule has 0 bridgehead atoms. The number of nitrogens with one attached hydrogen (secondary N) is 1. The van der Waals surface area contributed by atoms with Crippen LogP contribution in [0, 0.1) is 0 Å². The Balaban J connectivity index is 2.11. The molecule has 0 unspecified atom stereocenters. The number of carbonyl (C=O) groups excluding carboxylic acids is 2. The van der Waals surface area contributed by atoms with Gasteiger partial charge in [-0.1, -0.05) is 35.3 Å². The van der Waals surface area contributed by atoms with Gasteiger partial charge in [0.25, 0.3) is 5.91 Å². The van der Waals surface area contributed by atoms with E-state index in [0.29, 0.717) is 21.5 Å². The lowest BCUT2D eigenvalue weighted by Gasteiger charge is -2.16. The predicted octanol–water partition coefficient (Wildman–Crippen LogP) is 4.19. The monoisotopic (exact) mass is 367 g/mol. The van der Waals surface area contributed by atoms with Crippen molar-refractivity contribution in [3.63, 3.8) is 0 Å². The first kappa shape index (κ1) is 18.1. The molecule has 0 saturated heterocycles. The van der Waals surface area contributed by atoms with Crippen molar-refractivity contribution in [3.8, 4) is 5.75 Å². The van der Waals surface area contributed by atoms with Gasteiger partial charge in [-0.15, -0.1) is 0 Å². The van der Waals surface area contributed by atoms with Crippen LogP contribution in [-0.4, -0.2) is 25.1 Å². The lowest BCUT2D eigenvalue weighted by atomic mass is 10.2. The van der Waals surface area contributed by atoms with Gasteiger partial charge in [0.05, 0.1) is 28.4 Å². The smallest absolute Gasteiger partial charge is 0.337 e. The number of ether oxygens (including phenoxy) is 2. The summed E-state index contributed by atoms with van der Waals surface area (Å²) in [5, 5.41) is 3.32. The van der Waals surface area contributed by atoms with E-state index in [1.807, 2.05) is 0 Å². The molecule has 24 heavy (non-hydrogen) atoms. The van der Waals surface area contributed by atoms with Crippen LogP contribution in [0.25, 0.3) is 0 Å². The van der Waals surface area contributed by atoms with Gasteiger partial charge in [0.1, 0.15) is 5.75 Å². The first-order chi connectivity index (χ1) is 11.4. The lowest BCUT2D eigenvalue weighted by molar-refractivity contribution is -0.122. The zero-order valence-corrected chi connectivity index (χ0v) is 14.5. The highest BCUT2D eigenvalue weighted by molar-refractivity contribution is 6.34. The summed E-state index contributed by atoms with van der Waals surface area (Å²) in [5.74, 6) is -0.558. The van der Waals surface area contributed by atoms with Crippen molar-refractivity contribution in [2.24, 2.45) is 0 Å². The van der Waals surface area contributed by atoms with E-state index in [2.05, 4.69) is 10.1 Å². The van der Waals surface area contributed by atoms with Gasteiger partial charge in [-0.3, -0.25) is 4.79 Å². The number of halogens is 2. The van der Waals surface area contributed by atoms with E-state index in [4.69, 9.17) is 27.9 Å². The predicted molar refractivity (Wildman–Crippen MR) is 93.0 cm³/mol. The Hall–Kier alpha value is -2.24. The largest absolute Gasteiger partial charge is 0.479 e. The molecule has 126 valence electrons. The van der Waals surface area contributed by atoms with E-state index in [1.165, 1.54) is 25.3 Å². The van der Waals surface area contributed by atoms with Crippen LogP contribution < -0.4 is 10.1 Å². The van der Waals surface area contributed by atoms with Crippen molar-refractivity contribution in [2.75, 3.05) is 12.4 Å².